The van der Waals surface area contributed by atoms with Gasteiger partial charge in [-0.1, -0.05) is 17.7 Å². The van der Waals surface area contributed by atoms with Crippen LogP contribution in [-0.2, 0) is 14.8 Å². The number of nitrogens with one attached hydrogen (secondary N) is 1. The summed E-state index contributed by atoms with van der Waals surface area (Å²) in [6.45, 7) is 3.00. The van der Waals surface area contributed by atoms with Crippen molar-refractivity contribution in [3.63, 3.8) is 0 Å². The highest BCUT2D eigenvalue weighted by atomic mass is 32.2. The lowest BCUT2D eigenvalue weighted by Crippen LogP contribution is -2.41. The third-order valence-corrected chi connectivity index (χ3v) is 5.36. The van der Waals surface area contributed by atoms with Crippen LogP contribution in [0.15, 0.2) is 42.5 Å². The first-order chi connectivity index (χ1) is 13.8. The van der Waals surface area contributed by atoms with Crippen molar-refractivity contribution in [1.29, 1.82) is 0 Å². The maximum atomic E-state index is 12.3. The Labute approximate surface area is 170 Å². The monoisotopic (exact) mass is 420 g/mol. The second kappa shape index (κ2) is 9.04. The quantitative estimate of drug-likeness (QED) is 0.654. The largest absolute Gasteiger partial charge is 0.492 e. The smallest absolute Gasteiger partial charge is 0.240 e. The third kappa shape index (κ3) is 5.77. The fourth-order valence-corrected chi connectivity index (χ4v) is 3.62. The maximum Gasteiger partial charge on any atom is 0.240 e. The molecule has 1 amide bonds. The van der Waals surface area contributed by atoms with E-state index in [4.69, 9.17) is 14.2 Å². The summed E-state index contributed by atoms with van der Waals surface area (Å²) < 4.78 is 42.0. The second-order valence-corrected chi connectivity index (χ2v) is 8.52. The summed E-state index contributed by atoms with van der Waals surface area (Å²) in [5, 5.41) is 2.67. The molecule has 0 aliphatic carbocycles. The van der Waals surface area contributed by atoms with E-state index in [1.807, 2.05) is 31.2 Å². The van der Waals surface area contributed by atoms with Gasteiger partial charge in [-0.05, 0) is 31.2 Å². The van der Waals surface area contributed by atoms with E-state index < -0.39 is 15.9 Å². The molecule has 0 saturated carbocycles. The molecule has 0 unspecified atom stereocenters. The number of rotatable bonds is 8. The lowest BCUT2D eigenvalue weighted by atomic mass is 10.2. The summed E-state index contributed by atoms with van der Waals surface area (Å²) in [4.78, 5) is 12.3. The van der Waals surface area contributed by atoms with Crippen molar-refractivity contribution in [3.8, 4) is 17.2 Å². The average Bonchev–Trinajstić information content (AvgIpc) is 2.69. The number of amides is 1. The third-order valence-electron chi connectivity index (χ3n) is 4.22. The lowest BCUT2D eigenvalue weighted by molar-refractivity contribution is -0.119. The zero-order chi connectivity index (χ0) is 20.9. The summed E-state index contributed by atoms with van der Waals surface area (Å²) in [5.41, 5.74) is 1.47. The molecule has 3 rings (SSSR count). The van der Waals surface area contributed by atoms with Crippen molar-refractivity contribution >= 4 is 21.6 Å². The molecule has 29 heavy (non-hydrogen) atoms. The lowest BCUT2D eigenvalue weighted by Gasteiger charge is -2.24. The van der Waals surface area contributed by atoms with Crippen LogP contribution in [-0.4, -0.2) is 53.5 Å². The van der Waals surface area contributed by atoms with E-state index in [1.165, 1.54) is 0 Å². The first-order valence-corrected chi connectivity index (χ1v) is 11.0. The molecule has 9 heteroatoms. The highest BCUT2D eigenvalue weighted by Gasteiger charge is 2.23. The van der Waals surface area contributed by atoms with Gasteiger partial charge in [-0.25, -0.2) is 8.42 Å². The van der Waals surface area contributed by atoms with Crippen molar-refractivity contribution in [3.05, 3.63) is 48.0 Å². The molecule has 8 nitrogen and oxygen atoms in total. The highest BCUT2D eigenvalue weighted by Crippen LogP contribution is 2.34. The number of fused-ring (bicyclic) bond motifs is 1. The van der Waals surface area contributed by atoms with Crippen LogP contribution in [0.2, 0.25) is 0 Å². The number of nitrogens with zero attached hydrogens (tertiary/aromatic N) is 1. The summed E-state index contributed by atoms with van der Waals surface area (Å²) in [6.07, 6.45) is 1.05. The van der Waals surface area contributed by atoms with E-state index in [1.54, 1.807) is 18.2 Å². The van der Waals surface area contributed by atoms with E-state index >= 15 is 0 Å². The van der Waals surface area contributed by atoms with E-state index in [2.05, 4.69) is 5.32 Å². The summed E-state index contributed by atoms with van der Waals surface area (Å²) in [5.74, 6) is 1.28. The minimum absolute atomic E-state index is 0.255. The van der Waals surface area contributed by atoms with Crippen LogP contribution in [0.25, 0.3) is 0 Å². The molecule has 0 aromatic heterocycles. The average molecular weight is 420 g/mol. The van der Waals surface area contributed by atoms with Crippen LogP contribution in [0, 0.1) is 6.92 Å². The topological polar surface area (TPSA) is 94.2 Å². The van der Waals surface area contributed by atoms with Crippen LogP contribution < -0.4 is 23.8 Å². The van der Waals surface area contributed by atoms with Crippen molar-refractivity contribution in [2.24, 2.45) is 0 Å². The van der Waals surface area contributed by atoms with Gasteiger partial charge in [0.2, 0.25) is 15.9 Å². The number of carbonyl (C=O) groups excluding carboxylic acids is 1. The fraction of sp³-hybridized carbons (Fsp3) is 0.350. The number of sulfonamides is 1. The van der Waals surface area contributed by atoms with E-state index in [0.717, 1.165) is 16.1 Å². The number of ether oxygens (including phenoxy) is 3. The van der Waals surface area contributed by atoms with Crippen molar-refractivity contribution in [2.75, 3.05) is 43.5 Å². The zero-order valence-electron chi connectivity index (χ0n) is 16.4. The van der Waals surface area contributed by atoms with Gasteiger partial charge in [0.15, 0.2) is 11.5 Å². The normalized spacial score (nSPS) is 12.9. The molecule has 1 heterocycles. The van der Waals surface area contributed by atoms with Crippen LogP contribution in [0.4, 0.5) is 5.69 Å². The van der Waals surface area contributed by atoms with Gasteiger partial charge in [-0.2, -0.15) is 0 Å². The fourth-order valence-electron chi connectivity index (χ4n) is 2.77. The van der Waals surface area contributed by atoms with Gasteiger partial charge in [-0.15, -0.1) is 0 Å². The minimum atomic E-state index is -3.67. The Hall–Kier alpha value is -2.94. The first-order valence-electron chi connectivity index (χ1n) is 9.16. The van der Waals surface area contributed by atoms with Crippen LogP contribution in [0.1, 0.15) is 5.56 Å². The van der Waals surface area contributed by atoms with Gasteiger partial charge in [0, 0.05) is 6.07 Å². The van der Waals surface area contributed by atoms with Gasteiger partial charge in [0.1, 0.15) is 32.1 Å². The molecule has 2 aromatic rings. The standard InChI is InChI=1S/C20H24N2O6S/c1-15-3-6-17(7-4-15)26-10-9-21-20(23)14-22(29(2,24)25)16-5-8-18-19(13-16)28-12-11-27-18/h3-8,13H,9-12,14H2,1-2H3,(H,21,23). The number of benzene rings is 2. The molecule has 0 fully saturated rings. The Morgan fingerprint density at radius 3 is 2.48 bits per heavy atom. The van der Waals surface area contributed by atoms with Crippen LogP contribution in [0.3, 0.4) is 0 Å². The molecular weight excluding hydrogens is 396 g/mol. The Morgan fingerprint density at radius 2 is 1.79 bits per heavy atom. The molecule has 0 atom stereocenters. The number of anilines is 1. The molecule has 0 saturated heterocycles. The Morgan fingerprint density at radius 1 is 1.10 bits per heavy atom. The Kier molecular flexibility index (Phi) is 6.48. The van der Waals surface area contributed by atoms with Gasteiger partial charge in [0.25, 0.3) is 0 Å². The van der Waals surface area contributed by atoms with Crippen LogP contribution >= 0.6 is 0 Å². The first kappa shape index (κ1) is 20.8. The van der Waals surface area contributed by atoms with Crippen LogP contribution in [0.5, 0.6) is 17.2 Å². The molecule has 0 bridgehead atoms. The Bertz CT molecular complexity index is 959. The van der Waals surface area contributed by atoms with Gasteiger partial charge < -0.3 is 19.5 Å². The molecule has 1 aliphatic rings. The molecule has 156 valence electrons. The molecule has 2 aromatic carbocycles. The maximum absolute atomic E-state index is 12.3. The van der Waals surface area contributed by atoms with E-state index in [0.29, 0.717) is 36.1 Å². The van der Waals surface area contributed by atoms with Gasteiger partial charge in [0.05, 0.1) is 18.5 Å². The summed E-state index contributed by atoms with van der Waals surface area (Å²) >= 11 is 0. The number of aryl methyl sites for hydroxylation is 1. The number of hydrogen-bond donors (Lipinski definition) is 1. The zero-order valence-corrected chi connectivity index (χ0v) is 17.2. The van der Waals surface area contributed by atoms with Crippen molar-refractivity contribution < 1.29 is 27.4 Å². The number of hydrogen-bond acceptors (Lipinski definition) is 6. The highest BCUT2D eigenvalue weighted by molar-refractivity contribution is 7.92. The Balaban J connectivity index is 1.57. The molecule has 0 spiro atoms. The molecule has 1 N–H and O–H groups in total. The van der Waals surface area contributed by atoms with Gasteiger partial charge in [-0.3, -0.25) is 9.10 Å². The summed E-state index contributed by atoms with van der Waals surface area (Å²) in [7, 11) is -3.67. The van der Waals surface area contributed by atoms with Crippen molar-refractivity contribution in [1.82, 2.24) is 5.32 Å². The molecule has 0 radical (unpaired) electrons. The second-order valence-electron chi connectivity index (χ2n) is 6.61. The number of carbonyl (C=O) groups is 1. The van der Waals surface area contributed by atoms with E-state index in [9.17, 15) is 13.2 Å². The minimum Gasteiger partial charge on any atom is -0.492 e. The van der Waals surface area contributed by atoms with Crippen molar-refractivity contribution in [2.45, 2.75) is 6.92 Å². The molecule has 1 aliphatic heterocycles. The van der Waals surface area contributed by atoms with E-state index in [-0.39, 0.29) is 19.7 Å². The molecular formula is C20H24N2O6S. The summed E-state index contributed by atoms with van der Waals surface area (Å²) in [6, 6.07) is 12.4. The predicted octanol–water partition coefficient (Wildman–Crippen LogP) is 1.73. The SMILES string of the molecule is Cc1ccc(OCCNC(=O)CN(c2ccc3c(c2)OCCO3)S(C)(=O)=O)cc1. The van der Waals surface area contributed by atoms with Gasteiger partial charge >= 0.3 is 0 Å². The predicted molar refractivity (Wildman–Crippen MR) is 109 cm³/mol.